The molecule has 0 spiro atoms. The van der Waals surface area contributed by atoms with Gasteiger partial charge in [-0.3, -0.25) is 14.8 Å². The van der Waals surface area contributed by atoms with Crippen LogP contribution in [0.15, 0.2) is 36.0 Å². The quantitative estimate of drug-likeness (QED) is 0.526. The van der Waals surface area contributed by atoms with Crippen molar-refractivity contribution >= 4 is 17.7 Å². The van der Waals surface area contributed by atoms with Crippen molar-refractivity contribution in [1.29, 1.82) is 0 Å². The van der Waals surface area contributed by atoms with Crippen molar-refractivity contribution in [2.75, 3.05) is 38.2 Å². The number of alkyl halides is 3. The van der Waals surface area contributed by atoms with Gasteiger partial charge in [0.1, 0.15) is 0 Å². The number of fused-ring (bicyclic) bond motifs is 1. The predicted molar refractivity (Wildman–Crippen MR) is 119 cm³/mol. The van der Waals surface area contributed by atoms with Crippen molar-refractivity contribution in [2.24, 2.45) is 0 Å². The smallest absolute Gasteiger partial charge is 0.379 e. The molecule has 0 atom stereocenters. The first kappa shape index (κ1) is 22.4. The molecule has 1 saturated heterocycles. The minimum atomic E-state index is -4.46. The second kappa shape index (κ2) is 9.07. The normalized spacial score (nSPS) is 16.7. The Kier molecular flexibility index (Phi) is 5.96. The van der Waals surface area contributed by atoms with Gasteiger partial charge in [-0.15, -0.1) is 0 Å². The number of benzene rings is 1. The lowest BCUT2D eigenvalue weighted by molar-refractivity contribution is -0.137. The number of rotatable bonds is 5. The highest BCUT2D eigenvalue weighted by molar-refractivity contribution is 6.05. The van der Waals surface area contributed by atoms with E-state index in [-0.39, 0.29) is 5.56 Å². The van der Waals surface area contributed by atoms with Crippen LogP contribution in [0.3, 0.4) is 0 Å². The topological polar surface area (TPSA) is 98.9 Å². The van der Waals surface area contributed by atoms with E-state index in [0.717, 1.165) is 81.3 Å². The molecule has 8 nitrogen and oxygen atoms in total. The Labute approximate surface area is 193 Å². The van der Waals surface area contributed by atoms with Crippen LogP contribution in [0.1, 0.15) is 33.7 Å². The van der Waals surface area contributed by atoms with E-state index < -0.39 is 17.6 Å². The number of ether oxygens (including phenoxy) is 1. The van der Waals surface area contributed by atoms with Gasteiger partial charge in [-0.1, -0.05) is 5.57 Å². The van der Waals surface area contributed by atoms with E-state index in [4.69, 9.17) is 4.74 Å². The van der Waals surface area contributed by atoms with Crippen LogP contribution in [0.25, 0.3) is 17.6 Å². The third-order valence-corrected chi connectivity index (χ3v) is 5.97. The molecule has 0 bridgehead atoms. The molecule has 1 aliphatic heterocycles. The number of aromatic amines is 2. The van der Waals surface area contributed by atoms with Gasteiger partial charge >= 0.3 is 6.18 Å². The van der Waals surface area contributed by atoms with Gasteiger partial charge in [-0.2, -0.15) is 18.3 Å². The molecule has 3 N–H and O–H groups in total. The largest absolute Gasteiger partial charge is 0.416 e. The van der Waals surface area contributed by atoms with Gasteiger partial charge in [0, 0.05) is 37.1 Å². The molecule has 0 radical (unpaired) electrons. The van der Waals surface area contributed by atoms with Crippen molar-refractivity contribution in [3.8, 4) is 11.5 Å². The summed E-state index contributed by atoms with van der Waals surface area (Å²) in [5.74, 6) is -0.0294. The summed E-state index contributed by atoms with van der Waals surface area (Å²) in [6, 6.07) is 4.05. The molecule has 2 aliphatic rings. The number of nitrogens with one attached hydrogen (secondary N) is 3. The molecule has 178 valence electrons. The summed E-state index contributed by atoms with van der Waals surface area (Å²) < 4.78 is 43.7. The molecule has 0 saturated carbocycles. The zero-order valence-electron chi connectivity index (χ0n) is 18.2. The zero-order chi connectivity index (χ0) is 23.7. The van der Waals surface area contributed by atoms with Gasteiger partial charge in [0.2, 0.25) is 0 Å². The minimum absolute atomic E-state index is 0.106. The van der Waals surface area contributed by atoms with Crippen LogP contribution in [-0.4, -0.2) is 63.8 Å². The lowest BCUT2D eigenvalue weighted by Gasteiger charge is -2.28. The Hall–Kier alpha value is -3.44. The lowest BCUT2D eigenvalue weighted by atomic mass is 9.99. The molecule has 1 fully saturated rings. The highest BCUT2D eigenvalue weighted by Gasteiger charge is 2.30. The van der Waals surface area contributed by atoms with E-state index in [0.29, 0.717) is 17.2 Å². The van der Waals surface area contributed by atoms with E-state index in [1.165, 1.54) is 11.8 Å². The SMILES string of the molecule is O=C(Nc1c[nH]nc1-c1nc2c([nH]1)CCC(CN1CCOCC1)=C2)c1ccc(C(F)(F)F)cc1. The van der Waals surface area contributed by atoms with Crippen LogP contribution in [-0.2, 0) is 17.3 Å². The van der Waals surface area contributed by atoms with Crippen LogP contribution < -0.4 is 5.32 Å². The number of aryl methyl sites for hydroxylation is 1. The van der Waals surface area contributed by atoms with Crippen molar-refractivity contribution in [2.45, 2.75) is 19.0 Å². The molecular weight excluding hydrogens is 449 g/mol. The number of anilines is 1. The van der Waals surface area contributed by atoms with Gasteiger partial charge in [0.15, 0.2) is 11.5 Å². The number of aromatic nitrogens is 4. The molecule has 3 heterocycles. The number of carbonyl (C=O) groups is 1. The van der Waals surface area contributed by atoms with Crippen LogP contribution in [0, 0.1) is 0 Å². The van der Waals surface area contributed by atoms with Gasteiger partial charge in [0.25, 0.3) is 5.91 Å². The standard InChI is InChI=1S/C23H23F3N6O2/c24-23(25,26)16-4-2-15(3-5-16)22(33)30-19-12-27-31-20(19)21-28-17-6-1-14(11-18(17)29-21)13-32-7-9-34-10-8-32/h2-5,11-12H,1,6-10,13H2,(H,27,31)(H,28,29)(H,30,33). The summed E-state index contributed by atoms with van der Waals surface area (Å²) in [6.07, 6.45) is 0.918. The molecule has 1 aromatic carbocycles. The van der Waals surface area contributed by atoms with Crippen molar-refractivity contribution in [3.05, 3.63) is 58.6 Å². The maximum Gasteiger partial charge on any atom is 0.416 e. The number of nitrogens with zero attached hydrogens (tertiary/aromatic N) is 3. The molecule has 3 aromatic rings. The second-order valence-electron chi connectivity index (χ2n) is 8.32. The highest BCUT2D eigenvalue weighted by atomic mass is 19.4. The van der Waals surface area contributed by atoms with Crippen LogP contribution in [0.2, 0.25) is 0 Å². The summed E-state index contributed by atoms with van der Waals surface area (Å²) in [7, 11) is 0. The number of H-pyrrole nitrogens is 2. The minimum Gasteiger partial charge on any atom is -0.379 e. The molecular formula is C23H23F3N6O2. The number of carbonyl (C=O) groups excluding carboxylic acids is 1. The van der Waals surface area contributed by atoms with E-state index in [2.05, 4.69) is 36.5 Å². The Balaban J connectivity index is 1.31. The first-order chi connectivity index (χ1) is 16.4. The Bertz CT molecular complexity index is 1210. The average Bonchev–Trinajstić information content (AvgIpc) is 3.45. The first-order valence-electron chi connectivity index (χ1n) is 11.0. The summed E-state index contributed by atoms with van der Waals surface area (Å²) in [5, 5.41) is 9.63. The van der Waals surface area contributed by atoms with E-state index >= 15 is 0 Å². The average molecular weight is 472 g/mol. The number of hydrogen-bond donors (Lipinski definition) is 3. The lowest BCUT2D eigenvalue weighted by Crippen LogP contribution is -2.37. The third-order valence-electron chi connectivity index (χ3n) is 5.97. The van der Waals surface area contributed by atoms with E-state index in [1.807, 2.05) is 0 Å². The number of amides is 1. The summed E-state index contributed by atoms with van der Waals surface area (Å²) in [5.41, 5.74) is 3.28. The Morgan fingerprint density at radius 1 is 1.15 bits per heavy atom. The van der Waals surface area contributed by atoms with Gasteiger partial charge in [-0.05, 0) is 43.2 Å². The number of morpholine rings is 1. The maximum absolute atomic E-state index is 12.8. The monoisotopic (exact) mass is 472 g/mol. The van der Waals surface area contributed by atoms with Crippen molar-refractivity contribution in [3.63, 3.8) is 0 Å². The number of imidazole rings is 1. The molecule has 2 aromatic heterocycles. The molecule has 11 heteroatoms. The fourth-order valence-corrected chi connectivity index (χ4v) is 4.14. The second-order valence-corrected chi connectivity index (χ2v) is 8.32. The maximum atomic E-state index is 12.8. The molecule has 1 aliphatic carbocycles. The van der Waals surface area contributed by atoms with Gasteiger partial charge in [0.05, 0.1) is 30.2 Å². The third kappa shape index (κ3) is 4.75. The molecule has 0 unspecified atom stereocenters. The van der Waals surface area contributed by atoms with Crippen molar-refractivity contribution in [1.82, 2.24) is 25.1 Å². The summed E-state index contributed by atoms with van der Waals surface area (Å²) in [6.45, 7) is 4.24. The fraction of sp³-hybridized carbons (Fsp3) is 0.348. The van der Waals surface area contributed by atoms with Crippen LogP contribution >= 0.6 is 0 Å². The molecule has 34 heavy (non-hydrogen) atoms. The molecule has 5 rings (SSSR count). The van der Waals surface area contributed by atoms with Crippen LogP contribution in [0.5, 0.6) is 0 Å². The Morgan fingerprint density at radius 3 is 2.65 bits per heavy atom. The molecule has 1 amide bonds. The number of halogens is 3. The van der Waals surface area contributed by atoms with E-state index in [1.54, 1.807) is 0 Å². The van der Waals surface area contributed by atoms with Gasteiger partial charge in [-0.25, -0.2) is 4.98 Å². The van der Waals surface area contributed by atoms with E-state index in [9.17, 15) is 18.0 Å². The zero-order valence-corrected chi connectivity index (χ0v) is 18.2. The fourth-order valence-electron chi connectivity index (χ4n) is 4.14. The van der Waals surface area contributed by atoms with Gasteiger partial charge < -0.3 is 15.0 Å². The van der Waals surface area contributed by atoms with Crippen LogP contribution in [0.4, 0.5) is 18.9 Å². The predicted octanol–water partition coefficient (Wildman–Crippen LogP) is 3.73. The number of hydrogen-bond acceptors (Lipinski definition) is 5. The summed E-state index contributed by atoms with van der Waals surface area (Å²) >= 11 is 0. The van der Waals surface area contributed by atoms with Crippen molar-refractivity contribution < 1.29 is 22.7 Å². The first-order valence-corrected chi connectivity index (χ1v) is 11.0. The summed E-state index contributed by atoms with van der Waals surface area (Å²) in [4.78, 5) is 22.9. The highest BCUT2D eigenvalue weighted by Crippen LogP contribution is 2.31. The Morgan fingerprint density at radius 2 is 1.91 bits per heavy atom.